The van der Waals surface area contributed by atoms with Crippen LogP contribution in [-0.2, 0) is 29.6 Å². The van der Waals surface area contributed by atoms with Crippen LogP contribution in [0.5, 0.6) is 5.75 Å². The van der Waals surface area contributed by atoms with Crippen molar-refractivity contribution in [1.29, 1.82) is 0 Å². The first-order chi connectivity index (χ1) is 13.1. The van der Waals surface area contributed by atoms with Crippen molar-refractivity contribution >= 4 is 32.5 Å². The molecule has 2 amide bonds. The second-order valence-corrected chi connectivity index (χ2v) is 8.34. The van der Waals surface area contributed by atoms with E-state index < -0.39 is 62.4 Å². The molecular formula is C12H9F3N2O10S2. The van der Waals surface area contributed by atoms with Crippen LogP contribution in [0.15, 0.2) is 18.2 Å². The number of rotatable bonds is 5. The molecule has 160 valence electrons. The predicted molar refractivity (Wildman–Crippen MR) is 81.7 cm³/mol. The number of halogens is 3. The lowest BCUT2D eigenvalue weighted by Gasteiger charge is -2.30. The Morgan fingerprint density at radius 2 is 1.79 bits per heavy atom. The highest BCUT2D eigenvalue weighted by Crippen LogP contribution is 2.45. The molecule has 29 heavy (non-hydrogen) atoms. The molecule has 1 aromatic carbocycles. The van der Waals surface area contributed by atoms with Gasteiger partial charge in [0.2, 0.25) is 0 Å². The number of hydrogen-bond donors (Lipinski definition) is 2. The number of alkyl halides is 3. The van der Waals surface area contributed by atoms with E-state index in [1.165, 1.54) is 0 Å². The Morgan fingerprint density at radius 3 is 2.31 bits per heavy atom. The molecule has 0 spiro atoms. The summed E-state index contributed by atoms with van der Waals surface area (Å²) in [5, 5.41) is 9.52. The summed E-state index contributed by atoms with van der Waals surface area (Å²) in [6.45, 7) is -0.478. The van der Waals surface area contributed by atoms with Crippen molar-refractivity contribution in [2.75, 3.05) is 6.54 Å². The molecule has 2 aliphatic heterocycles. The van der Waals surface area contributed by atoms with Crippen molar-refractivity contribution < 1.29 is 57.7 Å². The van der Waals surface area contributed by atoms with Crippen LogP contribution in [-0.4, -0.2) is 60.5 Å². The summed E-state index contributed by atoms with van der Waals surface area (Å²) in [6.07, 6.45) is 0. The number of amides is 2. The van der Waals surface area contributed by atoms with E-state index in [0.29, 0.717) is 11.0 Å². The Labute approximate surface area is 160 Å². The number of hydrogen-bond acceptors (Lipinski definition) is 8. The second kappa shape index (κ2) is 6.44. The zero-order valence-electron chi connectivity index (χ0n) is 13.6. The summed E-state index contributed by atoms with van der Waals surface area (Å²) in [5.41, 5.74) is -6.15. The molecule has 1 fully saturated rings. The number of carboxylic acids is 1. The fourth-order valence-electron chi connectivity index (χ4n) is 2.97. The summed E-state index contributed by atoms with van der Waals surface area (Å²) in [5.74, 6) is -2.44. The van der Waals surface area contributed by atoms with Crippen LogP contribution in [0.4, 0.5) is 18.0 Å². The molecule has 1 aromatic rings. The molecule has 0 aliphatic carbocycles. The molecule has 2 aliphatic rings. The highest BCUT2D eigenvalue weighted by Gasteiger charge is 2.53. The van der Waals surface area contributed by atoms with Crippen LogP contribution in [0.1, 0.15) is 23.2 Å². The smallest absolute Gasteiger partial charge is 0.479 e. The van der Waals surface area contributed by atoms with Crippen molar-refractivity contribution in [2.24, 2.45) is 0 Å². The molecule has 1 saturated heterocycles. The number of hydroxylamine groups is 2. The molecule has 2 heterocycles. The lowest BCUT2D eigenvalue weighted by molar-refractivity contribution is -0.142. The second-order valence-electron chi connectivity index (χ2n) is 5.79. The Balaban J connectivity index is 2.10. The summed E-state index contributed by atoms with van der Waals surface area (Å²) >= 11 is 0. The summed E-state index contributed by atoms with van der Waals surface area (Å²) in [7, 11) is -11.3. The number of fused-ring (bicyclic) bond motifs is 4. The molecule has 2 unspecified atom stereocenters. The largest absolute Gasteiger partial charge is 0.534 e. The van der Waals surface area contributed by atoms with E-state index in [9.17, 15) is 44.7 Å². The van der Waals surface area contributed by atoms with E-state index in [1.807, 2.05) is 0 Å². The number of carboxylic acid groups (broad SMARTS) is 1. The molecule has 0 saturated carbocycles. The van der Waals surface area contributed by atoms with E-state index in [2.05, 4.69) is 8.47 Å². The number of urea groups is 1. The molecule has 2 N–H and O–H groups in total. The average molecular weight is 462 g/mol. The Kier molecular flexibility index (Phi) is 4.68. The van der Waals surface area contributed by atoms with E-state index in [0.717, 1.165) is 12.1 Å². The van der Waals surface area contributed by atoms with Gasteiger partial charge in [-0.05, 0) is 23.3 Å². The van der Waals surface area contributed by atoms with Gasteiger partial charge in [-0.2, -0.15) is 35.1 Å². The van der Waals surface area contributed by atoms with E-state index in [1.54, 1.807) is 0 Å². The van der Waals surface area contributed by atoms with Gasteiger partial charge in [0, 0.05) is 0 Å². The Bertz CT molecular complexity index is 1100. The number of carbonyl (C=O) groups excluding carboxylic acids is 1. The van der Waals surface area contributed by atoms with Crippen molar-refractivity contribution in [3.63, 3.8) is 0 Å². The maximum absolute atomic E-state index is 12.5. The topological polar surface area (TPSA) is 168 Å². The highest BCUT2D eigenvalue weighted by molar-refractivity contribution is 7.88. The monoisotopic (exact) mass is 462 g/mol. The Morgan fingerprint density at radius 1 is 1.17 bits per heavy atom. The van der Waals surface area contributed by atoms with Gasteiger partial charge in [-0.3, -0.25) is 4.55 Å². The van der Waals surface area contributed by atoms with Crippen molar-refractivity contribution in [1.82, 2.24) is 9.96 Å². The summed E-state index contributed by atoms with van der Waals surface area (Å²) in [6, 6.07) is -1.98. The van der Waals surface area contributed by atoms with Crippen LogP contribution in [0.25, 0.3) is 0 Å². The molecule has 2 bridgehead atoms. The van der Waals surface area contributed by atoms with Crippen LogP contribution >= 0.6 is 0 Å². The predicted octanol–water partition coefficient (Wildman–Crippen LogP) is 0.567. The minimum Gasteiger partial charge on any atom is -0.479 e. The molecule has 12 nitrogen and oxygen atoms in total. The van der Waals surface area contributed by atoms with Gasteiger partial charge in [-0.1, -0.05) is 6.07 Å². The van der Waals surface area contributed by atoms with Crippen LogP contribution < -0.4 is 4.18 Å². The van der Waals surface area contributed by atoms with Crippen LogP contribution in [0.2, 0.25) is 0 Å². The van der Waals surface area contributed by atoms with E-state index in [4.69, 9.17) is 4.55 Å². The zero-order valence-corrected chi connectivity index (χ0v) is 15.2. The van der Waals surface area contributed by atoms with Gasteiger partial charge >= 0.3 is 38.0 Å². The minimum absolute atomic E-state index is 0.110. The fourth-order valence-corrected chi connectivity index (χ4v) is 3.80. The standard InChI is InChI=1S/C12H9F3N2O10S2/c13-12(14,15)28(21,22)26-5-1-2-6-7(3-5)8-4-16(9(6)10(18)19)11(20)17(8)27-29(23,24)25/h1-3,8-9H,4H2,(H,18,19)(H,23,24,25). The third-order valence-electron chi connectivity index (χ3n) is 4.01. The first kappa shape index (κ1) is 21.1. The zero-order chi connectivity index (χ0) is 21.9. The summed E-state index contributed by atoms with van der Waals surface area (Å²) in [4.78, 5) is 24.6. The van der Waals surface area contributed by atoms with Gasteiger partial charge in [-0.15, -0.1) is 4.28 Å². The molecule has 17 heteroatoms. The van der Waals surface area contributed by atoms with Gasteiger partial charge in [0.25, 0.3) is 0 Å². The third-order valence-corrected chi connectivity index (χ3v) is 5.34. The Hall–Kier alpha value is -2.63. The quantitative estimate of drug-likeness (QED) is 0.358. The first-order valence-corrected chi connectivity index (χ1v) is 10.0. The van der Waals surface area contributed by atoms with Gasteiger partial charge in [0.15, 0.2) is 6.04 Å². The van der Waals surface area contributed by atoms with Crippen molar-refractivity contribution in [3.05, 3.63) is 29.3 Å². The van der Waals surface area contributed by atoms with Crippen molar-refractivity contribution in [2.45, 2.75) is 17.6 Å². The van der Waals surface area contributed by atoms with Crippen LogP contribution in [0, 0.1) is 0 Å². The van der Waals surface area contributed by atoms with E-state index in [-0.39, 0.29) is 16.2 Å². The molecular weight excluding hydrogens is 453 g/mol. The van der Waals surface area contributed by atoms with E-state index >= 15 is 0 Å². The van der Waals surface area contributed by atoms with Crippen LogP contribution in [0.3, 0.4) is 0 Å². The average Bonchev–Trinajstić information content (AvgIpc) is 2.79. The van der Waals surface area contributed by atoms with Gasteiger partial charge in [0.05, 0.1) is 6.54 Å². The normalized spacial score (nSPS) is 21.9. The lowest BCUT2D eigenvalue weighted by atomic mass is 9.91. The van der Waals surface area contributed by atoms with Crippen molar-refractivity contribution in [3.8, 4) is 5.75 Å². The third kappa shape index (κ3) is 3.68. The SMILES string of the molecule is O=C(O)C1c2ccc(OS(=O)(=O)C(F)(F)F)cc2C2CN1C(=O)N2OS(=O)(=O)O. The highest BCUT2D eigenvalue weighted by atomic mass is 32.3. The maximum atomic E-state index is 12.5. The summed E-state index contributed by atoms with van der Waals surface area (Å²) < 4.78 is 98.8. The number of nitrogens with zero attached hydrogens (tertiary/aromatic N) is 2. The number of benzene rings is 1. The van der Waals surface area contributed by atoms with Gasteiger partial charge in [0.1, 0.15) is 11.8 Å². The van der Waals surface area contributed by atoms with Gasteiger partial charge in [-0.25, -0.2) is 9.59 Å². The number of aliphatic carboxylic acids is 1. The molecule has 0 aromatic heterocycles. The lowest BCUT2D eigenvalue weighted by Crippen LogP contribution is -2.38. The minimum atomic E-state index is -6.05. The van der Waals surface area contributed by atoms with Gasteiger partial charge < -0.3 is 14.2 Å². The first-order valence-electron chi connectivity index (χ1n) is 7.26. The maximum Gasteiger partial charge on any atom is 0.534 e. The fraction of sp³-hybridized carbons (Fsp3) is 0.333. The number of carbonyl (C=O) groups is 2. The molecule has 2 atom stereocenters. The molecule has 0 radical (unpaired) electrons. The molecule has 3 rings (SSSR count).